The number of rotatable bonds is 5. The molecule has 27 heavy (non-hydrogen) atoms. The number of hydrogen-bond donors (Lipinski definition) is 1. The quantitative estimate of drug-likeness (QED) is 0.846. The van der Waals surface area contributed by atoms with Gasteiger partial charge < -0.3 is 10.2 Å². The fourth-order valence-corrected chi connectivity index (χ4v) is 3.95. The van der Waals surface area contributed by atoms with E-state index in [-0.39, 0.29) is 23.7 Å². The van der Waals surface area contributed by atoms with Crippen LogP contribution in [0.1, 0.15) is 40.7 Å². The average molecular weight is 385 g/mol. The Balaban J connectivity index is 1.89. The van der Waals surface area contributed by atoms with Crippen molar-refractivity contribution in [1.29, 1.82) is 0 Å². The molecule has 0 saturated carbocycles. The van der Waals surface area contributed by atoms with Gasteiger partial charge >= 0.3 is 0 Å². The SMILES string of the molecule is CCCNC(=O)[C@H]1CN(C(=O)c2ccccc2Cl)C[C@@H]1c1ccccc1C. The highest BCUT2D eigenvalue weighted by Gasteiger charge is 2.41. The molecule has 2 aromatic rings. The van der Waals surface area contributed by atoms with Gasteiger partial charge in [0, 0.05) is 25.6 Å². The summed E-state index contributed by atoms with van der Waals surface area (Å²) in [5.41, 5.74) is 2.75. The van der Waals surface area contributed by atoms with Crippen molar-refractivity contribution in [1.82, 2.24) is 10.2 Å². The van der Waals surface area contributed by atoms with Gasteiger partial charge in [0.05, 0.1) is 16.5 Å². The van der Waals surface area contributed by atoms with Crippen LogP contribution in [0.2, 0.25) is 5.02 Å². The molecule has 0 spiro atoms. The number of benzene rings is 2. The minimum absolute atomic E-state index is 0.0135. The van der Waals surface area contributed by atoms with Gasteiger partial charge in [-0.1, -0.05) is 54.9 Å². The molecule has 1 N–H and O–H groups in total. The molecule has 2 amide bonds. The van der Waals surface area contributed by atoms with E-state index in [0.29, 0.717) is 30.2 Å². The molecule has 0 radical (unpaired) electrons. The third-order valence-electron chi connectivity index (χ3n) is 5.19. The Hall–Kier alpha value is -2.33. The molecule has 1 saturated heterocycles. The molecule has 2 aromatic carbocycles. The van der Waals surface area contributed by atoms with Crippen LogP contribution < -0.4 is 5.32 Å². The predicted molar refractivity (Wildman–Crippen MR) is 108 cm³/mol. The van der Waals surface area contributed by atoms with Gasteiger partial charge in [-0.25, -0.2) is 0 Å². The van der Waals surface area contributed by atoms with E-state index in [1.165, 1.54) is 0 Å². The minimum atomic E-state index is -0.260. The summed E-state index contributed by atoms with van der Waals surface area (Å²) in [5.74, 6) is -0.386. The molecule has 142 valence electrons. The molecule has 5 heteroatoms. The highest BCUT2D eigenvalue weighted by atomic mass is 35.5. The van der Waals surface area contributed by atoms with Crippen molar-refractivity contribution in [3.63, 3.8) is 0 Å². The average Bonchev–Trinajstić information content (AvgIpc) is 3.11. The molecule has 1 fully saturated rings. The summed E-state index contributed by atoms with van der Waals surface area (Å²) in [4.78, 5) is 27.6. The molecule has 1 heterocycles. The second-order valence-electron chi connectivity index (χ2n) is 7.05. The molecule has 2 atom stereocenters. The number of hydrogen-bond acceptors (Lipinski definition) is 2. The van der Waals surface area contributed by atoms with E-state index in [1.54, 1.807) is 29.2 Å². The van der Waals surface area contributed by atoms with E-state index < -0.39 is 0 Å². The fraction of sp³-hybridized carbons (Fsp3) is 0.364. The van der Waals surface area contributed by atoms with Gasteiger partial charge in [0.25, 0.3) is 5.91 Å². The van der Waals surface area contributed by atoms with Crippen LogP contribution in [0.25, 0.3) is 0 Å². The molecule has 1 aliphatic rings. The van der Waals surface area contributed by atoms with E-state index >= 15 is 0 Å². The largest absolute Gasteiger partial charge is 0.356 e. The lowest BCUT2D eigenvalue weighted by Gasteiger charge is -2.19. The second-order valence-corrected chi connectivity index (χ2v) is 7.46. The van der Waals surface area contributed by atoms with Crippen LogP contribution in [-0.2, 0) is 4.79 Å². The summed E-state index contributed by atoms with van der Waals surface area (Å²) in [6.45, 7) is 5.64. The van der Waals surface area contributed by atoms with Crippen molar-refractivity contribution in [3.05, 3.63) is 70.2 Å². The first-order valence-corrected chi connectivity index (χ1v) is 9.77. The van der Waals surface area contributed by atoms with Crippen LogP contribution >= 0.6 is 11.6 Å². The molecule has 1 aliphatic heterocycles. The Morgan fingerprint density at radius 2 is 1.81 bits per heavy atom. The number of nitrogens with one attached hydrogen (secondary N) is 1. The summed E-state index contributed by atoms with van der Waals surface area (Å²) >= 11 is 6.22. The maximum atomic E-state index is 13.0. The number of carbonyl (C=O) groups is 2. The van der Waals surface area contributed by atoms with Gasteiger partial charge in [0.1, 0.15) is 0 Å². The number of carbonyl (C=O) groups excluding carboxylic acids is 2. The highest BCUT2D eigenvalue weighted by molar-refractivity contribution is 6.33. The topological polar surface area (TPSA) is 49.4 Å². The van der Waals surface area contributed by atoms with Crippen LogP contribution in [0.4, 0.5) is 0 Å². The molecule has 3 rings (SSSR count). The standard InChI is InChI=1S/C22H25ClN2O2/c1-3-12-24-21(26)19-14-25(22(27)17-10-6-7-11-20(17)23)13-18(19)16-9-5-4-8-15(16)2/h4-11,18-19H,3,12-14H2,1-2H3,(H,24,26)/t18-,19+/m1/s1. The van der Waals surface area contributed by atoms with Gasteiger partial charge in [-0.2, -0.15) is 0 Å². The number of likely N-dealkylation sites (tertiary alicyclic amines) is 1. The van der Waals surface area contributed by atoms with Crippen molar-refractivity contribution >= 4 is 23.4 Å². The monoisotopic (exact) mass is 384 g/mol. The molecular weight excluding hydrogens is 360 g/mol. The Morgan fingerprint density at radius 3 is 2.52 bits per heavy atom. The van der Waals surface area contributed by atoms with Crippen molar-refractivity contribution in [3.8, 4) is 0 Å². The fourth-order valence-electron chi connectivity index (χ4n) is 3.74. The molecule has 0 aromatic heterocycles. The van der Waals surface area contributed by atoms with E-state index in [2.05, 4.69) is 24.4 Å². The van der Waals surface area contributed by atoms with E-state index in [4.69, 9.17) is 11.6 Å². The zero-order chi connectivity index (χ0) is 19.4. The summed E-state index contributed by atoms with van der Waals surface area (Å²) in [6.07, 6.45) is 0.885. The first-order chi connectivity index (χ1) is 13.0. The second kappa shape index (κ2) is 8.57. The number of halogens is 1. The first kappa shape index (κ1) is 19.4. The van der Waals surface area contributed by atoms with Gasteiger partial charge in [-0.05, 0) is 36.6 Å². The smallest absolute Gasteiger partial charge is 0.255 e. The zero-order valence-corrected chi connectivity index (χ0v) is 16.5. The minimum Gasteiger partial charge on any atom is -0.356 e. The molecule has 4 nitrogen and oxygen atoms in total. The Labute approximate surface area is 165 Å². The summed E-state index contributed by atoms with van der Waals surface area (Å²) in [5, 5.41) is 3.44. The van der Waals surface area contributed by atoms with Gasteiger partial charge in [-0.15, -0.1) is 0 Å². The van der Waals surface area contributed by atoms with Crippen LogP contribution in [0.15, 0.2) is 48.5 Å². The maximum Gasteiger partial charge on any atom is 0.255 e. The van der Waals surface area contributed by atoms with E-state index in [1.807, 2.05) is 19.1 Å². The normalized spacial score (nSPS) is 19.1. The van der Waals surface area contributed by atoms with Crippen molar-refractivity contribution in [2.24, 2.45) is 5.92 Å². The third kappa shape index (κ3) is 4.16. The van der Waals surface area contributed by atoms with E-state index in [9.17, 15) is 9.59 Å². The van der Waals surface area contributed by atoms with Gasteiger partial charge in [-0.3, -0.25) is 9.59 Å². The van der Waals surface area contributed by atoms with Gasteiger partial charge in [0.15, 0.2) is 0 Å². The summed E-state index contributed by atoms with van der Waals surface area (Å²) < 4.78 is 0. The number of aryl methyl sites for hydroxylation is 1. The molecule has 0 bridgehead atoms. The Kier molecular flexibility index (Phi) is 6.17. The summed E-state index contributed by atoms with van der Waals surface area (Å²) in [7, 11) is 0. The zero-order valence-electron chi connectivity index (χ0n) is 15.7. The van der Waals surface area contributed by atoms with Gasteiger partial charge in [0.2, 0.25) is 5.91 Å². The first-order valence-electron chi connectivity index (χ1n) is 9.40. The van der Waals surface area contributed by atoms with Crippen LogP contribution in [0.5, 0.6) is 0 Å². The Morgan fingerprint density at radius 1 is 1.11 bits per heavy atom. The van der Waals surface area contributed by atoms with Crippen molar-refractivity contribution in [2.75, 3.05) is 19.6 Å². The summed E-state index contributed by atoms with van der Waals surface area (Å²) in [6, 6.07) is 15.2. The Bertz CT molecular complexity index is 837. The predicted octanol–water partition coefficient (Wildman–Crippen LogP) is 4.03. The number of nitrogens with zero attached hydrogens (tertiary/aromatic N) is 1. The maximum absolute atomic E-state index is 13.0. The molecular formula is C22H25ClN2O2. The van der Waals surface area contributed by atoms with E-state index in [0.717, 1.165) is 17.5 Å². The lowest BCUT2D eigenvalue weighted by Crippen LogP contribution is -2.36. The molecule has 0 unspecified atom stereocenters. The van der Waals surface area contributed by atoms with Crippen molar-refractivity contribution < 1.29 is 9.59 Å². The van der Waals surface area contributed by atoms with Crippen molar-refractivity contribution in [2.45, 2.75) is 26.2 Å². The van der Waals surface area contributed by atoms with Crippen LogP contribution in [-0.4, -0.2) is 36.3 Å². The third-order valence-corrected chi connectivity index (χ3v) is 5.51. The lowest BCUT2D eigenvalue weighted by molar-refractivity contribution is -0.124. The van der Waals surface area contributed by atoms with Crippen LogP contribution in [0.3, 0.4) is 0 Å². The number of amides is 2. The van der Waals surface area contributed by atoms with Crippen LogP contribution in [0, 0.1) is 12.8 Å². The lowest BCUT2D eigenvalue weighted by atomic mass is 9.86. The molecule has 0 aliphatic carbocycles. The highest BCUT2D eigenvalue weighted by Crippen LogP contribution is 2.35.